The predicted molar refractivity (Wildman–Crippen MR) is 160 cm³/mol. The second kappa shape index (κ2) is 10.5. The number of fused-ring (bicyclic) bond motifs is 2. The standard InChI is InChI=1S/C32H30N4O4S/c1-18(2)13-15-40-22-9-7-8-21(17-22)28-26(29(37)27-20(4)33-25-10-5-6-14-35(25)27)30(38)31(39)36(28)32-34-23-12-11-19(3)16-24(23)41-32/h5-12,14,16-18,28,37H,13,15H2,1-4H3. The maximum absolute atomic E-state index is 13.8. The van der Waals surface area contributed by atoms with Crippen molar-refractivity contribution in [2.45, 2.75) is 40.2 Å². The summed E-state index contributed by atoms with van der Waals surface area (Å²) in [6.45, 7) is 8.57. The molecule has 41 heavy (non-hydrogen) atoms. The predicted octanol–water partition coefficient (Wildman–Crippen LogP) is 6.61. The van der Waals surface area contributed by atoms with Crippen LogP contribution in [0.2, 0.25) is 0 Å². The first kappa shape index (κ1) is 26.7. The van der Waals surface area contributed by atoms with E-state index in [4.69, 9.17) is 9.72 Å². The van der Waals surface area contributed by atoms with E-state index in [2.05, 4.69) is 18.8 Å². The first-order chi connectivity index (χ1) is 19.7. The van der Waals surface area contributed by atoms with Gasteiger partial charge in [-0.25, -0.2) is 9.97 Å². The summed E-state index contributed by atoms with van der Waals surface area (Å²) >= 11 is 1.34. The Morgan fingerprint density at radius 1 is 1.05 bits per heavy atom. The number of pyridine rings is 1. The lowest BCUT2D eigenvalue weighted by atomic mass is 9.96. The molecule has 1 N–H and O–H groups in total. The smallest absolute Gasteiger partial charge is 0.301 e. The molecule has 1 atom stereocenters. The van der Waals surface area contributed by atoms with E-state index in [1.165, 1.54) is 16.2 Å². The highest BCUT2D eigenvalue weighted by atomic mass is 32.1. The van der Waals surface area contributed by atoms with E-state index in [0.717, 1.165) is 22.2 Å². The highest BCUT2D eigenvalue weighted by Crippen LogP contribution is 2.45. The van der Waals surface area contributed by atoms with Crippen LogP contribution in [0.25, 0.3) is 21.6 Å². The topological polar surface area (TPSA) is 97.0 Å². The van der Waals surface area contributed by atoms with Crippen LogP contribution in [-0.2, 0) is 9.59 Å². The van der Waals surface area contributed by atoms with Gasteiger partial charge in [0.05, 0.1) is 34.1 Å². The molecule has 6 rings (SSSR count). The summed E-state index contributed by atoms with van der Waals surface area (Å²) in [6, 6.07) is 17.8. The minimum atomic E-state index is -0.918. The molecule has 0 aliphatic carbocycles. The van der Waals surface area contributed by atoms with Crippen LogP contribution >= 0.6 is 11.3 Å². The Kier molecular flexibility index (Phi) is 6.83. The molecular weight excluding hydrogens is 536 g/mol. The first-order valence-electron chi connectivity index (χ1n) is 13.6. The van der Waals surface area contributed by atoms with Crippen molar-refractivity contribution < 1.29 is 19.4 Å². The van der Waals surface area contributed by atoms with Gasteiger partial charge in [0.1, 0.15) is 17.1 Å². The Morgan fingerprint density at radius 3 is 2.68 bits per heavy atom. The van der Waals surface area contributed by atoms with Gasteiger partial charge >= 0.3 is 5.91 Å². The number of hydrogen-bond acceptors (Lipinski definition) is 7. The molecule has 3 aromatic heterocycles. The van der Waals surface area contributed by atoms with Crippen LogP contribution in [0.3, 0.4) is 0 Å². The number of amides is 1. The zero-order chi connectivity index (χ0) is 28.8. The van der Waals surface area contributed by atoms with Crippen molar-refractivity contribution in [1.82, 2.24) is 14.4 Å². The van der Waals surface area contributed by atoms with Crippen LogP contribution in [0.4, 0.5) is 5.13 Å². The third kappa shape index (κ3) is 4.76. The molecule has 0 saturated carbocycles. The van der Waals surface area contributed by atoms with Crippen LogP contribution in [0.1, 0.15) is 48.8 Å². The van der Waals surface area contributed by atoms with E-state index in [-0.39, 0.29) is 11.3 Å². The van der Waals surface area contributed by atoms with Crippen LogP contribution in [0, 0.1) is 19.8 Å². The third-order valence-electron chi connectivity index (χ3n) is 7.25. The molecule has 8 nitrogen and oxygen atoms in total. The fraction of sp³-hybridized carbons (Fsp3) is 0.250. The summed E-state index contributed by atoms with van der Waals surface area (Å²) in [5.41, 5.74) is 3.96. The number of aryl methyl sites for hydroxylation is 2. The number of anilines is 1. The van der Waals surface area contributed by atoms with Crippen LogP contribution < -0.4 is 9.64 Å². The lowest BCUT2D eigenvalue weighted by Crippen LogP contribution is -2.29. The number of aliphatic hydroxyl groups excluding tert-OH is 1. The minimum Gasteiger partial charge on any atom is -0.505 e. The van der Waals surface area contributed by atoms with Gasteiger partial charge in [-0.3, -0.25) is 18.9 Å². The Hall–Kier alpha value is -4.50. The normalized spacial score (nSPS) is 16.9. The number of thiazole rings is 1. The maximum atomic E-state index is 13.8. The molecule has 0 bridgehead atoms. The number of ether oxygens (including phenoxy) is 1. The maximum Gasteiger partial charge on any atom is 0.301 e. The number of carbonyl (C=O) groups excluding carboxylic acids is 2. The summed E-state index contributed by atoms with van der Waals surface area (Å²) < 4.78 is 8.65. The highest BCUT2D eigenvalue weighted by Gasteiger charge is 2.48. The fourth-order valence-corrected chi connectivity index (χ4v) is 6.27. The van der Waals surface area contributed by atoms with Gasteiger partial charge in [-0.15, -0.1) is 0 Å². The Labute approximate surface area is 241 Å². The fourth-order valence-electron chi connectivity index (χ4n) is 5.18. The number of nitrogens with zero attached hydrogens (tertiary/aromatic N) is 4. The third-order valence-corrected chi connectivity index (χ3v) is 8.27. The van der Waals surface area contributed by atoms with Crippen molar-refractivity contribution >= 4 is 49.8 Å². The number of ketones is 1. The molecule has 9 heteroatoms. The summed E-state index contributed by atoms with van der Waals surface area (Å²) in [6.07, 6.45) is 2.66. The van der Waals surface area contributed by atoms with Gasteiger partial charge in [0.25, 0.3) is 5.78 Å². The zero-order valence-corrected chi connectivity index (χ0v) is 24.1. The summed E-state index contributed by atoms with van der Waals surface area (Å²) in [7, 11) is 0. The van der Waals surface area contributed by atoms with Crippen molar-refractivity contribution in [2.24, 2.45) is 5.92 Å². The van der Waals surface area contributed by atoms with E-state index in [1.807, 2.05) is 67.6 Å². The molecule has 1 amide bonds. The van der Waals surface area contributed by atoms with Gasteiger partial charge in [0.15, 0.2) is 10.9 Å². The van der Waals surface area contributed by atoms with Crippen molar-refractivity contribution in [3.05, 3.63) is 94.9 Å². The Bertz CT molecular complexity index is 1850. The summed E-state index contributed by atoms with van der Waals surface area (Å²) in [5.74, 6) is -0.694. The number of imidazole rings is 1. The number of aromatic nitrogens is 3. The van der Waals surface area contributed by atoms with Crippen molar-refractivity contribution in [2.75, 3.05) is 11.5 Å². The molecule has 208 valence electrons. The molecular formula is C32H30N4O4S. The molecule has 4 heterocycles. The lowest BCUT2D eigenvalue weighted by molar-refractivity contribution is -0.132. The molecule has 1 saturated heterocycles. The molecule has 1 aliphatic rings. The molecule has 0 radical (unpaired) electrons. The van der Waals surface area contributed by atoms with E-state index in [1.54, 1.807) is 17.5 Å². The Balaban J connectivity index is 1.54. The van der Waals surface area contributed by atoms with Gasteiger partial charge in [-0.05, 0) is 73.7 Å². The van der Waals surface area contributed by atoms with E-state index in [0.29, 0.717) is 46.0 Å². The molecule has 1 unspecified atom stereocenters. The van der Waals surface area contributed by atoms with Crippen molar-refractivity contribution in [3.8, 4) is 5.75 Å². The highest BCUT2D eigenvalue weighted by molar-refractivity contribution is 7.22. The number of Topliss-reactive ketones (excluding diaryl/α,β-unsaturated/α-hetero) is 1. The van der Waals surface area contributed by atoms with Crippen molar-refractivity contribution in [3.63, 3.8) is 0 Å². The van der Waals surface area contributed by atoms with Crippen LogP contribution in [0.15, 0.2) is 72.4 Å². The molecule has 0 spiro atoms. The van der Waals surface area contributed by atoms with Gasteiger partial charge in [0.2, 0.25) is 0 Å². The summed E-state index contributed by atoms with van der Waals surface area (Å²) in [5, 5.41) is 12.2. The summed E-state index contributed by atoms with van der Waals surface area (Å²) in [4.78, 5) is 38.2. The average Bonchev–Trinajstić information content (AvgIpc) is 3.58. The SMILES string of the molecule is Cc1ccc2nc(N3C(=O)C(=O)C(=C(O)c4c(C)nc5ccccn45)C3c3cccc(OCCC(C)C)c3)sc2c1. The molecule has 1 aliphatic heterocycles. The second-order valence-electron chi connectivity index (χ2n) is 10.7. The second-order valence-corrected chi connectivity index (χ2v) is 11.7. The quantitative estimate of drug-likeness (QED) is 0.135. The van der Waals surface area contributed by atoms with Crippen LogP contribution in [0.5, 0.6) is 5.75 Å². The van der Waals surface area contributed by atoms with E-state index in [9.17, 15) is 14.7 Å². The van der Waals surface area contributed by atoms with Gasteiger partial charge in [-0.1, -0.05) is 49.4 Å². The largest absolute Gasteiger partial charge is 0.505 e. The van der Waals surface area contributed by atoms with Crippen molar-refractivity contribution in [1.29, 1.82) is 0 Å². The van der Waals surface area contributed by atoms with Gasteiger partial charge in [-0.2, -0.15) is 0 Å². The number of benzene rings is 2. The molecule has 5 aromatic rings. The average molecular weight is 567 g/mol. The number of hydrogen-bond donors (Lipinski definition) is 1. The lowest BCUT2D eigenvalue weighted by Gasteiger charge is -2.23. The Morgan fingerprint density at radius 2 is 1.88 bits per heavy atom. The molecule has 1 fully saturated rings. The monoisotopic (exact) mass is 566 g/mol. The van der Waals surface area contributed by atoms with Gasteiger partial charge in [0, 0.05) is 6.20 Å². The minimum absolute atomic E-state index is 0.0153. The first-order valence-corrected chi connectivity index (χ1v) is 14.4. The van der Waals surface area contributed by atoms with E-state index >= 15 is 0 Å². The number of carbonyl (C=O) groups is 2. The van der Waals surface area contributed by atoms with Gasteiger partial charge < -0.3 is 9.84 Å². The van der Waals surface area contributed by atoms with Crippen LogP contribution in [-0.4, -0.2) is 37.8 Å². The number of rotatable bonds is 7. The molecule has 2 aromatic carbocycles. The zero-order valence-electron chi connectivity index (χ0n) is 23.3. The van der Waals surface area contributed by atoms with E-state index < -0.39 is 17.7 Å². The number of aliphatic hydroxyl groups is 1.